The van der Waals surface area contributed by atoms with Crippen molar-refractivity contribution in [3.63, 3.8) is 0 Å². The number of nitrogens with zero attached hydrogens (tertiary/aromatic N) is 1. The van der Waals surface area contributed by atoms with Crippen LogP contribution in [0.1, 0.15) is 34.2 Å². The van der Waals surface area contributed by atoms with E-state index in [9.17, 15) is 0 Å². The van der Waals surface area contributed by atoms with E-state index in [1.54, 1.807) is 0 Å². The Labute approximate surface area is 119 Å². The first-order valence-electron chi connectivity index (χ1n) is 7.00. The molecule has 0 spiro atoms. The molecule has 0 amide bonds. The molecule has 0 saturated carbocycles. The molecule has 2 nitrogen and oxygen atoms in total. The first-order chi connectivity index (χ1) is 9.76. The molecule has 2 aromatic rings. The number of hydrogen-bond acceptors (Lipinski definition) is 2. The summed E-state index contributed by atoms with van der Waals surface area (Å²) in [6.45, 7) is 2.56. The van der Waals surface area contributed by atoms with Crippen LogP contribution in [-0.4, -0.2) is 0 Å². The van der Waals surface area contributed by atoms with E-state index < -0.39 is 0 Å². The average Bonchev–Trinajstić information content (AvgIpc) is 2.94. The third-order valence-corrected chi connectivity index (χ3v) is 3.87. The summed E-state index contributed by atoms with van der Waals surface area (Å²) in [5.74, 6) is 0.796. The van der Waals surface area contributed by atoms with Crippen molar-refractivity contribution in [1.29, 1.82) is 5.26 Å². The Morgan fingerprint density at radius 2 is 1.95 bits per heavy atom. The Kier molecular flexibility index (Phi) is 3.43. The fraction of sp³-hybridized carbons (Fsp3) is 0.278. The number of aryl methyl sites for hydroxylation is 3. The van der Waals surface area contributed by atoms with Crippen molar-refractivity contribution in [3.05, 3.63) is 64.2 Å². The van der Waals surface area contributed by atoms with Crippen LogP contribution in [0.25, 0.3) is 0 Å². The van der Waals surface area contributed by atoms with Crippen LogP contribution < -0.4 is 4.74 Å². The fourth-order valence-electron chi connectivity index (χ4n) is 2.70. The molecule has 0 radical (unpaired) electrons. The van der Waals surface area contributed by atoms with E-state index in [1.807, 2.05) is 25.1 Å². The molecule has 2 heteroatoms. The number of rotatable bonds is 3. The maximum Gasteiger partial charge on any atom is 0.124 e. The van der Waals surface area contributed by atoms with Gasteiger partial charge in [0.05, 0.1) is 11.6 Å². The number of ether oxygens (including phenoxy) is 1. The topological polar surface area (TPSA) is 33.0 Å². The zero-order valence-electron chi connectivity index (χ0n) is 11.6. The molecule has 0 bridgehead atoms. The van der Waals surface area contributed by atoms with Crippen molar-refractivity contribution in [1.82, 2.24) is 0 Å². The van der Waals surface area contributed by atoms with Crippen LogP contribution in [0.4, 0.5) is 0 Å². The minimum atomic E-state index is 0.559. The van der Waals surface area contributed by atoms with E-state index in [0.29, 0.717) is 12.2 Å². The molecule has 0 N–H and O–H groups in total. The second-order valence-electron chi connectivity index (χ2n) is 5.34. The Bertz CT molecular complexity index is 682. The normalized spacial score (nSPS) is 12.8. The Hall–Kier alpha value is -2.27. The lowest BCUT2D eigenvalue weighted by molar-refractivity contribution is 0.304. The predicted molar refractivity (Wildman–Crippen MR) is 78.7 cm³/mol. The second-order valence-corrected chi connectivity index (χ2v) is 5.34. The van der Waals surface area contributed by atoms with E-state index in [2.05, 4.69) is 24.3 Å². The minimum absolute atomic E-state index is 0.559. The van der Waals surface area contributed by atoms with E-state index in [1.165, 1.54) is 36.0 Å². The summed E-state index contributed by atoms with van der Waals surface area (Å²) in [5, 5.41) is 8.94. The summed E-state index contributed by atoms with van der Waals surface area (Å²) in [5.41, 5.74) is 5.85. The molecule has 2 aromatic carbocycles. The summed E-state index contributed by atoms with van der Waals surface area (Å²) >= 11 is 0. The minimum Gasteiger partial charge on any atom is -0.489 e. The van der Waals surface area contributed by atoms with Gasteiger partial charge in [-0.15, -0.1) is 0 Å². The van der Waals surface area contributed by atoms with Gasteiger partial charge in [0.25, 0.3) is 0 Å². The number of fused-ring (bicyclic) bond motifs is 1. The Morgan fingerprint density at radius 3 is 2.80 bits per heavy atom. The van der Waals surface area contributed by atoms with Crippen LogP contribution in [0.2, 0.25) is 0 Å². The van der Waals surface area contributed by atoms with Gasteiger partial charge in [-0.25, -0.2) is 0 Å². The van der Waals surface area contributed by atoms with Gasteiger partial charge in [0.2, 0.25) is 0 Å². The molecule has 20 heavy (non-hydrogen) atoms. The number of hydrogen-bond donors (Lipinski definition) is 0. The average molecular weight is 263 g/mol. The van der Waals surface area contributed by atoms with Crippen molar-refractivity contribution < 1.29 is 4.74 Å². The van der Waals surface area contributed by atoms with E-state index in [4.69, 9.17) is 10.00 Å². The first kappa shape index (κ1) is 12.7. The highest BCUT2D eigenvalue weighted by Crippen LogP contribution is 2.24. The molecule has 0 fully saturated rings. The van der Waals surface area contributed by atoms with E-state index in [0.717, 1.165) is 11.3 Å². The molecule has 0 aliphatic heterocycles. The summed E-state index contributed by atoms with van der Waals surface area (Å²) in [6.07, 6.45) is 3.66. The molecule has 0 saturated heterocycles. The zero-order valence-corrected chi connectivity index (χ0v) is 11.6. The largest absolute Gasteiger partial charge is 0.489 e. The molecule has 100 valence electrons. The van der Waals surface area contributed by atoms with Gasteiger partial charge in [0.15, 0.2) is 0 Å². The summed E-state index contributed by atoms with van der Waals surface area (Å²) < 4.78 is 5.87. The van der Waals surface area contributed by atoms with Crippen LogP contribution in [0, 0.1) is 18.3 Å². The summed E-state index contributed by atoms with van der Waals surface area (Å²) in [6, 6.07) is 14.3. The van der Waals surface area contributed by atoms with Gasteiger partial charge < -0.3 is 4.74 Å². The van der Waals surface area contributed by atoms with Gasteiger partial charge >= 0.3 is 0 Å². The lowest BCUT2D eigenvalue weighted by Crippen LogP contribution is -1.98. The molecule has 0 atom stereocenters. The molecular weight excluding hydrogens is 246 g/mol. The Morgan fingerprint density at radius 1 is 1.10 bits per heavy atom. The maximum atomic E-state index is 8.94. The van der Waals surface area contributed by atoms with E-state index in [-0.39, 0.29) is 0 Å². The smallest absolute Gasteiger partial charge is 0.124 e. The van der Waals surface area contributed by atoms with Gasteiger partial charge in [0, 0.05) is 0 Å². The molecule has 0 heterocycles. The van der Waals surface area contributed by atoms with Gasteiger partial charge in [-0.2, -0.15) is 5.26 Å². The number of nitriles is 1. The quantitative estimate of drug-likeness (QED) is 0.840. The number of benzene rings is 2. The molecule has 1 aliphatic carbocycles. The highest BCUT2D eigenvalue weighted by atomic mass is 16.5. The first-order valence-corrected chi connectivity index (χ1v) is 7.00. The van der Waals surface area contributed by atoms with Crippen molar-refractivity contribution in [2.45, 2.75) is 32.8 Å². The summed E-state index contributed by atoms with van der Waals surface area (Å²) in [4.78, 5) is 0. The molecule has 0 unspecified atom stereocenters. The fourth-order valence-corrected chi connectivity index (χ4v) is 2.70. The van der Waals surface area contributed by atoms with Crippen molar-refractivity contribution in [3.8, 4) is 11.8 Å². The Balaban J connectivity index is 1.75. The predicted octanol–water partition coefficient (Wildman–Crippen LogP) is 3.93. The van der Waals surface area contributed by atoms with Crippen molar-refractivity contribution in [2.75, 3.05) is 0 Å². The molecule has 1 aliphatic rings. The third-order valence-electron chi connectivity index (χ3n) is 3.87. The van der Waals surface area contributed by atoms with E-state index >= 15 is 0 Å². The monoisotopic (exact) mass is 263 g/mol. The lowest BCUT2D eigenvalue weighted by atomic mass is 10.1. The van der Waals surface area contributed by atoms with Gasteiger partial charge in [-0.1, -0.05) is 24.3 Å². The zero-order chi connectivity index (χ0) is 13.9. The van der Waals surface area contributed by atoms with Gasteiger partial charge in [-0.3, -0.25) is 0 Å². The molecular formula is C18H17NO. The van der Waals surface area contributed by atoms with Crippen LogP contribution >= 0.6 is 0 Å². The molecule has 3 rings (SSSR count). The third kappa shape index (κ3) is 2.53. The second kappa shape index (κ2) is 5.38. The highest BCUT2D eigenvalue weighted by Gasteiger charge is 2.11. The van der Waals surface area contributed by atoms with Crippen LogP contribution in [-0.2, 0) is 19.4 Å². The van der Waals surface area contributed by atoms with Crippen LogP contribution in [0.5, 0.6) is 5.75 Å². The highest BCUT2D eigenvalue weighted by molar-refractivity contribution is 5.42. The van der Waals surface area contributed by atoms with Crippen molar-refractivity contribution in [2.24, 2.45) is 0 Å². The maximum absolute atomic E-state index is 8.94. The standard InChI is InChI=1S/C18H17NO/c1-13-5-6-14(11-19)10-18(13)20-12-15-7-8-16-3-2-4-17(16)9-15/h5-10H,2-4,12H2,1H3. The van der Waals surface area contributed by atoms with Crippen molar-refractivity contribution >= 4 is 0 Å². The SMILES string of the molecule is Cc1ccc(C#N)cc1OCc1ccc2c(c1)CCC2. The molecule has 0 aromatic heterocycles. The van der Waals surface area contributed by atoms with Gasteiger partial charge in [-0.05, 0) is 60.6 Å². The van der Waals surface area contributed by atoms with Crippen LogP contribution in [0.15, 0.2) is 36.4 Å². The lowest BCUT2D eigenvalue weighted by Gasteiger charge is -2.10. The van der Waals surface area contributed by atoms with Gasteiger partial charge in [0.1, 0.15) is 12.4 Å². The van der Waals surface area contributed by atoms with Crippen LogP contribution in [0.3, 0.4) is 0 Å². The summed E-state index contributed by atoms with van der Waals surface area (Å²) in [7, 11) is 0.